The van der Waals surface area contributed by atoms with Crippen molar-refractivity contribution in [2.45, 2.75) is 45.8 Å². The van der Waals surface area contributed by atoms with Crippen molar-refractivity contribution >= 4 is 6.08 Å². The predicted molar refractivity (Wildman–Crippen MR) is 118 cm³/mol. The molecule has 2 aromatic rings. The third-order valence-corrected chi connectivity index (χ3v) is 5.48. The molecule has 1 aliphatic carbocycles. The summed E-state index contributed by atoms with van der Waals surface area (Å²) in [7, 11) is 1.67. The van der Waals surface area contributed by atoms with Crippen LogP contribution >= 0.6 is 0 Å². The number of nitro groups is 1. The fraction of sp³-hybridized carbons (Fsp3) is 0.375. The first kappa shape index (κ1) is 21.7. The normalized spacial score (nSPS) is 18.0. The average molecular weight is 408 g/mol. The van der Waals surface area contributed by atoms with Crippen LogP contribution < -0.4 is 0 Å². The van der Waals surface area contributed by atoms with Crippen molar-refractivity contribution in [2.24, 2.45) is 5.92 Å². The number of nitrogens with zero attached hydrogens (tertiary/aromatic N) is 3. The Kier molecular flexibility index (Phi) is 7.36. The predicted octanol–water partition coefficient (Wildman–Crippen LogP) is 5.26. The fourth-order valence-electron chi connectivity index (χ4n) is 4.03. The molecule has 0 spiro atoms. The lowest BCUT2D eigenvalue weighted by molar-refractivity contribution is -0.434. The summed E-state index contributed by atoms with van der Waals surface area (Å²) in [5.74, 6) is -0.199. The highest BCUT2D eigenvalue weighted by molar-refractivity contribution is 5.49. The van der Waals surface area contributed by atoms with Crippen LogP contribution in [0.15, 0.2) is 72.0 Å². The monoisotopic (exact) mass is 407 g/mol. The molecule has 0 N–H and O–H groups in total. The Morgan fingerprint density at radius 3 is 2.73 bits per heavy atom. The molecule has 1 aliphatic rings. The number of ether oxygens (including phenoxy) is 1. The van der Waals surface area contributed by atoms with Gasteiger partial charge in [0.25, 0.3) is 5.70 Å². The van der Waals surface area contributed by atoms with Gasteiger partial charge in [-0.1, -0.05) is 48.1 Å². The van der Waals surface area contributed by atoms with Gasteiger partial charge >= 0.3 is 0 Å². The molecule has 2 atom stereocenters. The second-order valence-electron chi connectivity index (χ2n) is 7.93. The van der Waals surface area contributed by atoms with Crippen molar-refractivity contribution in [1.29, 1.82) is 0 Å². The zero-order valence-corrected chi connectivity index (χ0v) is 17.8. The van der Waals surface area contributed by atoms with Gasteiger partial charge in [-0.25, -0.2) is 4.98 Å². The molecular weight excluding hydrogens is 378 g/mol. The van der Waals surface area contributed by atoms with Crippen LogP contribution in [0.5, 0.6) is 0 Å². The molecule has 30 heavy (non-hydrogen) atoms. The molecule has 0 saturated carbocycles. The van der Waals surface area contributed by atoms with Crippen LogP contribution in [0.4, 0.5) is 0 Å². The summed E-state index contributed by atoms with van der Waals surface area (Å²) in [6.45, 7) is 4.70. The Morgan fingerprint density at radius 1 is 1.33 bits per heavy atom. The molecule has 158 valence electrons. The van der Waals surface area contributed by atoms with E-state index in [1.165, 1.54) is 11.1 Å². The van der Waals surface area contributed by atoms with Gasteiger partial charge in [-0.3, -0.25) is 10.1 Å². The molecule has 0 amide bonds. The summed E-state index contributed by atoms with van der Waals surface area (Å²) in [6.07, 6.45) is 13.6. The highest BCUT2D eigenvalue weighted by Crippen LogP contribution is 2.33. The maximum Gasteiger partial charge on any atom is 0.252 e. The molecule has 0 saturated heterocycles. The van der Waals surface area contributed by atoms with E-state index in [9.17, 15) is 10.1 Å². The number of aromatic nitrogens is 2. The molecule has 6 heteroatoms. The standard InChI is InChI=1S/C24H29N3O3/c1-18-13-19(2)24(27(28)29)22(14-18)15-23(30-3)6-4-5-20-7-9-21(10-8-20)16-26-12-11-25-17-26/h4-5,7-12,14,17,22-23H,6,13,15-16H2,1-3H3. The smallest absolute Gasteiger partial charge is 0.252 e. The van der Waals surface area contributed by atoms with Crippen LogP contribution in [-0.2, 0) is 11.3 Å². The molecular formula is C24H29N3O3. The highest BCUT2D eigenvalue weighted by atomic mass is 16.6. The third-order valence-electron chi connectivity index (χ3n) is 5.48. The number of hydrogen-bond donors (Lipinski definition) is 0. The Labute approximate surface area is 177 Å². The molecule has 1 aromatic carbocycles. The number of imidazole rings is 1. The van der Waals surface area contributed by atoms with Crippen molar-refractivity contribution in [3.8, 4) is 0 Å². The Balaban J connectivity index is 1.58. The van der Waals surface area contributed by atoms with Gasteiger partial charge < -0.3 is 9.30 Å². The lowest BCUT2D eigenvalue weighted by Crippen LogP contribution is -2.22. The van der Waals surface area contributed by atoms with Crippen molar-refractivity contribution in [3.63, 3.8) is 0 Å². The van der Waals surface area contributed by atoms with E-state index < -0.39 is 0 Å². The zero-order valence-electron chi connectivity index (χ0n) is 17.8. The number of methoxy groups -OCH3 is 1. The van der Waals surface area contributed by atoms with Gasteiger partial charge in [-0.05, 0) is 44.2 Å². The lowest BCUT2D eigenvalue weighted by atomic mass is 9.85. The van der Waals surface area contributed by atoms with Crippen molar-refractivity contribution in [3.05, 3.63) is 93.2 Å². The summed E-state index contributed by atoms with van der Waals surface area (Å²) in [4.78, 5) is 15.4. The van der Waals surface area contributed by atoms with E-state index >= 15 is 0 Å². The van der Waals surface area contributed by atoms with Crippen LogP contribution in [0.2, 0.25) is 0 Å². The second kappa shape index (κ2) is 10.2. The van der Waals surface area contributed by atoms with Crippen molar-refractivity contribution < 1.29 is 9.66 Å². The van der Waals surface area contributed by atoms with Gasteiger partial charge in [0.05, 0.1) is 23.3 Å². The number of rotatable bonds is 9. The summed E-state index contributed by atoms with van der Waals surface area (Å²) in [6, 6.07) is 8.41. The first-order chi connectivity index (χ1) is 14.5. The first-order valence-electron chi connectivity index (χ1n) is 10.2. The van der Waals surface area contributed by atoms with Crippen LogP contribution in [0.3, 0.4) is 0 Å². The van der Waals surface area contributed by atoms with Gasteiger partial charge in [-0.15, -0.1) is 0 Å². The molecule has 6 nitrogen and oxygen atoms in total. The molecule has 0 radical (unpaired) electrons. The molecule has 0 bridgehead atoms. The van der Waals surface area contributed by atoms with E-state index in [0.717, 1.165) is 17.7 Å². The SMILES string of the molecule is COC(CC=Cc1ccc(Cn2ccnc2)cc1)CC1C=C(C)CC(C)=C1[N+](=O)[O-]. The minimum atomic E-state index is -0.225. The van der Waals surface area contributed by atoms with Crippen molar-refractivity contribution in [2.75, 3.05) is 7.11 Å². The van der Waals surface area contributed by atoms with Gasteiger partial charge in [0.1, 0.15) is 0 Å². The Bertz CT molecular complexity index is 941. The molecule has 3 rings (SSSR count). The van der Waals surface area contributed by atoms with E-state index in [1.54, 1.807) is 13.3 Å². The van der Waals surface area contributed by atoms with Gasteiger partial charge in [-0.2, -0.15) is 0 Å². The van der Waals surface area contributed by atoms with E-state index in [4.69, 9.17) is 4.74 Å². The molecule has 1 aromatic heterocycles. The molecule has 0 fully saturated rings. The summed E-state index contributed by atoms with van der Waals surface area (Å²) in [5.41, 5.74) is 4.71. The largest absolute Gasteiger partial charge is 0.381 e. The van der Waals surface area contributed by atoms with Gasteiger partial charge in [0.2, 0.25) is 0 Å². The minimum absolute atomic E-state index is 0.0725. The number of benzene rings is 1. The third kappa shape index (κ3) is 5.76. The summed E-state index contributed by atoms with van der Waals surface area (Å²) < 4.78 is 7.67. The average Bonchev–Trinajstić information content (AvgIpc) is 3.20. The van der Waals surface area contributed by atoms with Crippen molar-refractivity contribution in [1.82, 2.24) is 9.55 Å². The van der Waals surface area contributed by atoms with Gasteiger partial charge in [0, 0.05) is 31.6 Å². The van der Waals surface area contributed by atoms with Crippen LogP contribution in [0.25, 0.3) is 6.08 Å². The van der Waals surface area contributed by atoms with Crippen LogP contribution in [0, 0.1) is 16.0 Å². The second-order valence-corrected chi connectivity index (χ2v) is 7.93. The number of hydrogen-bond acceptors (Lipinski definition) is 4. The fourth-order valence-corrected chi connectivity index (χ4v) is 4.03. The molecule has 0 aliphatic heterocycles. The minimum Gasteiger partial charge on any atom is -0.381 e. The summed E-state index contributed by atoms with van der Waals surface area (Å²) in [5, 5.41) is 11.5. The van der Waals surface area contributed by atoms with E-state index in [-0.39, 0.29) is 16.9 Å². The maximum atomic E-state index is 11.5. The topological polar surface area (TPSA) is 70.2 Å². The van der Waals surface area contributed by atoms with Gasteiger partial charge in [0.15, 0.2) is 0 Å². The maximum absolute atomic E-state index is 11.5. The molecule has 1 heterocycles. The Morgan fingerprint density at radius 2 is 2.10 bits per heavy atom. The van der Waals surface area contributed by atoms with E-state index in [2.05, 4.69) is 41.4 Å². The van der Waals surface area contributed by atoms with Crippen LogP contribution in [-0.4, -0.2) is 27.7 Å². The molecule has 2 unspecified atom stereocenters. The first-order valence-corrected chi connectivity index (χ1v) is 10.2. The summed E-state index contributed by atoms with van der Waals surface area (Å²) >= 11 is 0. The van der Waals surface area contributed by atoms with E-state index in [1.807, 2.05) is 37.0 Å². The highest BCUT2D eigenvalue weighted by Gasteiger charge is 2.31. The number of allylic oxidation sites excluding steroid dienone is 3. The zero-order chi connectivity index (χ0) is 21.5. The van der Waals surface area contributed by atoms with Crippen LogP contribution in [0.1, 0.15) is 44.2 Å². The lowest BCUT2D eigenvalue weighted by Gasteiger charge is -2.22. The quantitative estimate of drug-likeness (QED) is 0.323. The van der Waals surface area contributed by atoms with E-state index in [0.29, 0.717) is 25.0 Å². The Hall–Kier alpha value is -2.99.